The lowest BCUT2D eigenvalue weighted by Gasteiger charge is -2.22. The Morgan fingerprint density at radius 1 is 1.03 bits per heavy atom. The van der Waals surface area contributed by atoms with E-state index in [1.54, 1.807) is 18.2 Å². The number of anilines is 1. The van der Waals surface area contributed by atoms with Gasteiger partial charge >= 0.3 is 0 Å². The average molecular weight is 438 g/mol. The van der Waals surface area contributed by atoms with Crippen LogP contribution in [0.2, 0.25) is 5.02 Å². The van der Waals surface area contributed by atoms with Gasteiger partial charge in [-0.2, -0.15) is 0 Å². The molecule has 6 nitrogen and oxygen atoms in total. The maximum Gasteiger partial charge on any atom is 0.231 e. The van der Waals surface area contributed by atoms with Gasteiger partial charge in [0.1, 0.15) is 11.6 Å². The quantitative estimate of drug-likeness (QED) is 0.641. The van der Waals surface area contributed by atoms with Crippen molar-refractivity contribution in [3.63, 3.8) is 0 Å². The summed E-state index contributed by atoms with van der Waals surface area (Å²) < 4.78 is 11.0. The van der Waals surface area contributed by atoms with Crippen molar-refractivity contribution in [3.05, 3.63) is 53.6 Å². The zero-order valence-corrected chi connectivity index (χ0v) is 18.3. The summed E-state index contributed by atoms with van der Waals surface area (Å²) in [4.78, 5) is 9.47. The maximum atomic E-state index is 10.5. The van der Waals surface area contributed by atoms with E-state index in [1.807, 2.05) is 24.3 Å². The van der Waals surface area contributed by atoms with Crippen molar-refractivity contribution in [3.8, 4) is 39.6 Å². The Bertz CT molecular complexity index is 1140. The molecule has 2 aromatic carbocycles. The molecule has 0 aliphatic carbocycles. The van der Waals surface area contributed by atoms with E-state index in [9.17, 15) is 5.11 Å². The molecule has 3 aromatic rings. The Hall–Kier alpha value is -2.96. The number of nitrogens with zero attached hydrogens (tertiary/aromatic N) is 3. The van der Waals surface area contributed by atoms with Crippen LogP contribution < -0.4 is 14.4 Å². The minimum atomic E-state index is 0.151. The molecule has 0 spiro atoms. The Morgan fingerprint density at radius 3 is 2.68 bits per heavy atom. The largest absolute Gasteiger partial charge is 0.507 e. The van der Waals surface area contributed by atoms with E-state index in [-0.39, 0.29) is 12.5 Å². The maximum absolute atomic E-state index is 10.5. The minimum Gasteiger partial charge on any atom is -0.507 e. The average Bonchev–Trinajstić information content (AvgIpc) is 3.44. The van der Waals surface area contributed by atoms with Crippen LogP contribution in [-0.4, -0.2) is 55.0 Å². The van der Waals surface area contributed by atoms with E-state index in [1.165, 1.54) is 0 Å². The second-order valence-corrected chi connectivity index (χ2v) is 8.62. The Labute approximate surface area is 186 Å². The van der Waals surface area contributed by atoms with Crippen LogP contribution in [0, 0.1) is 0 Å². The molecule has 3 heterocycles. The van der Waals surface area contributed by atoms with Crippen molar-refractivity contribution < 1.29 is 14.6 Å². The predicted octanol–water partition coefficient (Wildman–Crippen LogP) is 4.64. The van der Waals surface area contributed by atoms with E-state index in [2.05, 4.69) is 30.0 Å². The second-order valence-electron chi connectivity index (χ2n) is 8.18. The number of hydrogen-bond donors (Lipinski definition) is 1. The fourth-order valence-electron chi connectivity index (χ4n) is 4.14. The van der Waals surface area contributed by atoms with E-state index in [0.717, 1.165) is 48.0 Å². The molecular weight excluding hydrogens is 414 g/mol. The van der Waals surface area contributed by atoms with Crippen molar-refractivity contribution in [1.82, 2.24) is 9.88 Å². The molecule has 31 heavy (non-hydrogen) atoms. The smallest absolute Gasteiger partial charge is 0.231 e. The van der Waals surface area contributed by atoms with E-state index < -0.39 is 0 Å². The molecule has 0 bridgehead atoms. The Balaban J connectivity index is 1.61. The lowest BCUT2D eigenvalue weighted by molar-refractivity contribution is 0.174. The molecule has 0 saturated carbocycles. The summed E-state index contributed by atoms with van der Waals surface area (Å²) >= 11 is 6.22. The van der Waals surface area contributed by atoms with Gasteiger partial charge in [-0.05, 0) is 74.1 Å². The summed E-state index contributed by atoms with van der Waals surface area (Å²) in [6.07, 6.45) is 1.08. The molecule has 0 amide bonds. The van der Waals surface area contributed by atoms with Gasteiger partial charge in [0.15, 0.2) is 11.5 Å². The Kier molecular flexibility index (Phi) is 5.12. The van der Waals surface area contributed by atoms with Gasteiger partial charge in [-0.1, -0.05) is 17.7 Å². The molecule has 0 radical (unpaired) electrons. The number of pyridine rings is 1. The number of likely N-dealkylation sites (N-methyl/N-ethyl adjacent to an activating group) is 1. The predicted molar refractivity (Wildman–Crippen MR) is 122 cm³/mol. The van der Waals surface area contributed by atoms with E-state index >= 15 is 0 Å². The number of ether oxygens (including phenoxy) is 2. The van der Waals surface area contributed by atoms with Crippen LogP contribution in [0.3, 0.4) is 0 Å². The van der Waals surface area contributed by atoms with E-state index in [0.29, 0.717) is 22.3 Å². The van der Waals surface area contributed by atoms with Gasteiger partial charge in [-0.25, -0.2) is 4.98 Å². The first-order valence-corrected chi connectivity index (χ1v) is 10.7. The number of aromatic hydroxyl groups is 1. The molecule has 1 fully saturated rings. The first kappa shape index (κ1) is 20.0. The van der Waals surface area contributed by atoms with Crippen LogP contribution in [0.25, 0.3) is 22.4 Å². The molecule has 160 valence electrons. The highest BCUT2D eigenvalue weighted by molar-refractivity contribution is 6.31. The highest BCUT2D eigenvalue weighted by Gasteiger charge is 2.26. The van der Waals surface area contributed by atoms with Gasteiger partial charge < -0.3 is 24.4 Å². The number of benzene rings is 2. The molecular formula is C24H24ClN3O3. The lowest BCUT2D eigenvalue weighted by atomic mass is 10.0. The Morgan fingerprint density at radius 2 is 1.87 bits per heavy atom. The molecule has 1 aromatic heterocycles. The minimum absolute atomic E-state index is 0.151. The van der Waals surface area contributed by atoms with Gasteiger partial charge in [0, 0.05) is 29.7 Å². The summed E-state index contributed by atoms with van der Waals surface area (Å²) in [5.41, 5.74) is 3.28. The zero-order chi connectivity index (χ0) is 21.5. The van der Waals surface area contributed by atoms with Crippen LogP contribution in [0.1, 0.15) is 6.42 Å². The standard InChI is InChI=1S/C24H24ClN3O3/c1-27(2)18-7-8-28(13-18)24-11-16(15-3-6-22-23(10-15)31-14-30-22)9-20(26-24)19-12-17(25)4-5-21(19)29/h3-6,9-12,18,29H,7-8,13-14H2,1-2H3. The van der Waals surface area contributed by atoms with Crippen LogP contribution >= 0.6 is 11.6 Å². The summed E-state index contributed by atoms with van der Waals surface area (Å²) in [5, 5.41) is 11.0. The van der Waals surface area contributed by atoms with Gasteiger partial charge in [-0.15, -0.1) is 0 Å². The summed E-state index contributed by atoms with van der Waals surface area (Å²) in [6.45, 7) is 2.08. The summed E-state index contributed by atoms with van der Waals surface area (Å²) in [6, 6.07) is 15.5. The molecule has 1 N–H and O–H groups in total. The molecule has 1 unspecified atom stereocenters. The third-order valence-corrected chi connectivity index (χ3v) is 6.21. The number of phenolic OH excluding ortho intramolecular Hbond substituents is 1. The second kappa shape index (κ2) is 7.94. The third-order valence-electron chi connectivity index (χ3n) is 5.97. The zero-order valence-electron chi connectivity index (χ0n) is 17.5. The lowest BCUT2D eigenvalue weighted by Crippen LogP contribution is -2.31. The highest BCUT2D eigenvalue weighted by Crippen LogP contribution is 2.39. The number of fused-ring (bicyclic) bond motifs is 1. The monoisotopic (exact) mass is 437 g/mol. The first-order valence-electron chi connectivity index (χ1n) is 10.3. The van der Waals surface area contributed by atoms with Crippen LogP contribution in [0.4, 0.5) is 5.82 Å². The SMILES string of the molecule is CN(C)C1CCN(c2cc(-c3ccc4c(c3)OCO4)cc(-c3cc(Cl)ccc3O)n2)C1. The van der Waals surface area contributed by atoms with Crippen molar-refractivity contribution in [2.75, 3.05) is 38.9 Å². The van der Waals surface area contributed by atoms with Crippen molar-refractivity contribution in [2.45, 2.75) is 12.5 Å². The van der Waals surface area contributed by atoms with Gasteiger partial charge in [0.2, 0.25) is 6.79 Å². The van der Waals surface area contributed by atoms with Gasteiger partial charge in [0.25, 0.3) is 0 Å². The van der Waals surface area contributed by atoms with Crippen molar-refractivity contribution in [2.24, 2.45) is 0 Å². The summed E-state index contributed by atoms with van der Waals surface area (Å²) in [5.74, 6) is 2.52. The van der Waals surface area contributed by atoms with Crippen LogP contribution in [0.15, 0.2) is 48.5 Å². The number of phenols is 1. The number of aromatic nitrogens is 1. The summed E-state index contributed by atoms with van der Waals surface area (Å²) in [7, 11) is 4.22. The molecule has 2 aliphatic rings. The highest BCUT2D eigenvalue weighted by atomic mass is 35.5. The first-order chi connectivity index (χ1) is 15.0. The van der Waals surface area contributed by atoms with Crippen molar-refractivity contribution >= 4 is 17.4 Å². The topological polar surface area (TPSA) is 58.1 Å². The normalized spacial score (nSPS) is 17.5. The van der Waals surface area contributed by atoms with Crippen LogP contribution in [-0.2, 0) is 0 Å². The molecule has 5 rings (SSSR count). The molecule has 7 heteroatoms. The van der Waals surface area contributed by atoms with Crippen molar-refractivity contribution in [1.29, 1.82) is 0 Å². The number of rotatable bonds is 4. The molecule has 1 saturated heterocycles. The molecule has 1 atom stereocenters. The van der Waals surface area contributed by atoms with Gasteiger partial charge in [0.05, 0.1) is 5.69 Å². The third kappa shape index (κ3) is 3.89. The number of halogens is 1. The fourth-order valence-corrected chi connectivity index (χ4v) is 4.32. The van der Waals surface area contributed by atoms with Crippen LogP contribution in [0.5, 0.6) is 17.2 Å². The van der Waals surface area contributed by atoms with E-state index in [4.69, 9.17) is 26.1 Å². The molecule has 2 aliphatic heterocycles. The fraction of sp³-hybridized carbons (Fsp3) is 0.292. The van der Waals surface area contributed by atoms with Gasteiger partial charge in [-0.3, -0.25) is 0 Å². The number of hydrogen-bond acceptors (Lipinski definition) is 6.